The maximum Gasteiger partial charge on any atom is 0.320 e. The van der Waals surface area contributed by atoms with E-state index in [2.05, 4.69) is 34.3 Å². The van der Waals surface area contributed by atoms with Crippen molar-refractivity contribution in [2.24, 2.45) is 0 Å². The largest absolute Gasteiger partial charge is 0.480 e. The first-order chi connectivity index (χ1) is 10.1. The Morgan fingerprint density at radius 1 is 1.33 bits per heavy atom. The number of para-hydroxylation sites is 2. The van der Waals surface area contributed by atoms with Gasteiger partial charge < -0.3 is 20.2 Å². The van der Waals surface area contributed by atoms with Gasteiger partial charge in [0.1, 0.15) is 6.04 Å². The van der Waals surface area contributed by atoms with Crippen molar-refractivity contribution in [3.63, 3.8) is 0 Å². The topological polar surface area (TPSA) is 55.8 Å². The standard InChI is InChI=1S/C16H25N3O2/c1-3-9-17-13(16(20)21)8-10-19-12-11-18(2)14-6-4-5-7-15(14)19/h4-7,13,17H,3,8-12H2,1-2H3,(H,20,21). The second-order valence-electron chi connectivity index (χ2n) is 5.53. The van der Waals surface area contributed by atoms with Gasteiger partial charge in [-0.05, 0) is 31.5 Å². The Hall–Kier alpha value is -1.75. The van der Waals surface area contributed by atoms with Gasteiger partial charge in [-0.25, -0.2) is 0 Å². The molecule has 1 heterocycles. The Morgan fingerprint density at radius 3 is 2.71 bits per heavy atom. The number of fused-ring (bicyclic) bond motifs is 1. The first kappa shape index (κ1) is 15.6. The fourth-order valence-corrected chi connectivity index (χ4v) is 2.71. The highest BCUT2D eigenvalue weighted by atomic mass is 16.4. The van der Waals surface area contributed by atoms with Crippen molar-refractivity contribution >= 4 is 17.3 Å². The van der Waals surface area contributed by atoms with Crippen LogP contribution in [0, 0.1) is 0 Å². The maximum absolute atomic E-state index is 11.3. The van der Waals surface area contributed by atoms with E-state index in [-0.39, 0.29) is 0 Å². The van der Waals surface area contributed by atoms with E-state index in [4.69, 9.17) is 0 Å². The Morgan fingerprint density at radius 2 is 2.05 bits per heavy atom. The summed E-state index contributed by atoms with van der Waals surface area (Å²) in [6.45, 7) is 5.46. The van der Waals surface area contributed by atoms with Gasteiger partial charge in [-0.3, -0.25) is 4.79 Å². The lowest BCUT2D eigenvalue weighted by Crippen LogP contribution is -2.44. The molecule has 2 rings (SSSR count). The molecule has 0 amide bonds. The lowest BCUT2D eigenvalue weighted by Gasteiger charge is -2.37. The summed E-state index contributed by atoms with van der Waals surface area (Å²) in [6.07, 6.45) is 1.56. The number of aliphatic carboxylic acids is 1. The van der Waals surface area contributed by atoms with E-state index < -0.39 is 12.0 Å². The quantitative estimate of drug-likeness (QED) is 0.802. The molecule has 2 N–H and O–H groups in total. The third kappa shape index (κ3) is 3.88. The zero-order chi connectivity index (χ0) is 15.2. The van der Waals surface area contributed by atoms with E-state index in [0.29, 0.717) is 6.42 Å². The number of hydrogen-bond acceptors (Lipinski definition) is 4. The number of likely N-dealkylation sites (N-methyl/N-ethyl adjacent to an activating group) is 1. The van der Waals surface area contributed by atoms with Crippen molar-refractivity contribution in [2.75, 3.05) is 43.0 Å². The van der Waals surface area contributed by atoms with Crippen molar-refractivity contribution in [1.82, 2.24) is 5.32 Å². The van der Waals surface area contributed by atoms with E-state index in [9.17, 15) is 9.90 Å². The van der Waals surface area contributed by atoms with E-state index in [1.54, 1.807) is 0 Å². The number of anilines is 2. The van der Waals surface area contributed by atoms with E-state index in [1.807, 2.05) is 19.1 Å². The van der Waals surface area contributed by atoms with Crippen LogP contribution in [0.3, 0.4) is 0 Å². The number of carboxylic acid groups (broad SMARTS) is 1. The molecule has 0 saturated carbocycles. The molecule has 5 nitrogen and oxygen atoms in total. The summed E-state index contributed by atoms with van der Waals surface area (Å²) in [5.41, 5.74) is 2.42. The molecule has 1 atom stereocenters. The number of carboxylic acids is 1. The monoisotopic (exact) mass is 291 g/mol. The summed E-state index contributed by atoms with van der Waals surface area (Å²) in [7, 11) is 2.10. The number of nitrogens with one attached hydrogen (secondary N) is 1. The normalized spacial score (nSPS) is 15.7. The van der Waals surface area contributed by atoms with Crippen molar-refractivity contribution in [2.45, 2.75) is 25.8 Å². The van der Waals surface area contributed by atoms with Crippen LogP contribution < -0.4 is 15.1 Å². The first-order valence-corrected chi connectivity index (χ1v) is 7.64. The molecular weight excluding hydrogens is 266 g/mol. The van der Waals surface area contributed by atoms with Crippen molar-refractivity contribution in [1.29, 1.82) is 0 Å². The molecule has 5 heteroatoms. The van der Waals surface area contributed by atoms with Crippen LogP contribution in [0.5, 0.6) is 0 Å². The van der Waals surface area contributed by atoms with Gasteiger partial charge in [-0.2, -0.15) is 0 Å². The third-order valence-corrected chi connectivity index (χ3v) is 3.97. The number of benzene rings is 1. The Kier molecular flexibility index (Phi) is 5.44. The Labute approximate surface area is 126 Å². The average Bonchev–Trinajstić information content (AvgIpc) is 2.49. The summed E-state index contributed by atoms with van der Waals surface area (Å²) >= 11 is 0. The van der Waals surface area contributed by atoms with E-state index in [1.165, 1.54) is 11.4 Å². The van der Waals surface area contributed by atoms with Gasteiger partial charge in [0.15, 0.2) is 0 Å². The molecule has 1 aliphatic rings. The van der Waals surface area contributed by atoms with Gasteiger partial charge in [-0.15, -0.1) is 0 Å². The van der Waals surface area contributed by atoms with Gasteiger partial charge in [0.25, 0.3) is 0 Å². The van der Waals surface area contributed by atoms with Crippen LogP contribution in [0.2, 0.25) is 0 Å². The molecule has 0 spiro atoms. The zero-order valence-electron chi connectivity index (χ0n) is 12.9. The SMILES string of the molecule is CCCNC(CCN1CCN(C)c2ccccc21)C(=O)O. The molecule has 1 aromatic carbocycles. The van der Waals surface area contributed by atoms with Crippen LogP contribution in [0.15, 0.2) is 24.3 Å². The predicted molar refractivity (Wildman–Crippen MR) is 86.3 cm³/mol. The molecule has 1 aliphatic heterocycles. The summed E-state index contributed by atoms with van der Waals surface area (Å²) in [5.74, 6) is -0.758. The molecular formula is C16H25N3O2. The second-order valence-corrected chi connectivity index (χ2v) is 5.53. The number of rotatable bonds is 7. The summed E-state index contributed by atoms with van der Waals surface area (Å²) < 4.78 is 0. The number of carbonyl (C=O) groups is 1. The number of nitrogens with zero attached hydrogens (tertiary/aromatic N) is 2. The smallest absolute Gasteiger partial charge is 0.320 e. The lowest BCUT2D eigenvalue weighted by atomic mass is 10.1. The highest BCUT2D eigenvalue weighted by Gasteiger charge is 2.22. The van der Waals surface area contributed by atoms with E-state index in [0.717, 1.165) is 32.6 Å². The lowest BCUT2D eigenvalue weighted by molar-refractivity contribution is -0.139. The molecule has 0 saturated heterocycles. The molecule has 1 aromatic rings. The Balaban J connectivity index is 2.00. The highest BCUT2D eigenvalue weighted by molar-refractivity contribution is 5.74. The summed E-state index contributed by atoms with van der Waals surface area (Å²) in [4.78, 5) is 15.8. The Bertz CT molecular complexity index is 478. The zero-order valence-corrected chi connectivity index (χ0v) is 12.9. The van der Waals surface area contributed by atoms with Gasteiger partial charge in [0, 0.05) is 26.7 Å². The molecule has 0 bridgehead atoms. The van der Waals surface area contributed by atoms with Crippen molar-refractivity contribution in [3.8, 4) is 0 Å². The molecule has 0 aliphatic carbocycles. The van der Waals surface area contributed by atoms with Gasteiger partial charge in [0.05, 0.1) is 11.4 Å². The van der Waals surface area contributed by atoms with Crippen LogP contribution in [-0.2, 0) is 4.79 Å². The third-order valence-electron chi connectivity index (χ3n) is 3.97. The second kappa shape index (κ2) is 7.31. The minimum Gasteiger partial charge on any atom is -0.480 e. The van der Waals surface area contributed by atoms with Gasteiger partial charge >= 0.3 is 5.97 Å². The van der Waals surface area contributed by atoms with E-state index >= 15 is 0 Å². The molecule has 1 unspecified atom stereocenters. The van der Waals surface area contributed by atoms with Crippen molar-refractivity contribution in [3.05, 3.63) is 24.3 Å². The molecule has 0 aromatic heterocycles. The van der Waals surface area contributed by atoms with Gasteiger partial charge in [-0.1, -0.05) is 19.1 Å². The predicted octanol–water partition coefficient (Wildman–Crippen LogP) is 1.79. The number of hydrogen-bond donors (Lipinski definition) is 2. The van der Waals surface area contributed by atoms with Crippen LogP contribution in [0.4, 0.5) is 11.4 Å². The van der Waals surface area contributed by atoms with Crippen LogP contribution >= 0.6 is 0 Å². The summed E-state index contributed by atoms with van der Waals surface area (Å²) in [6, 6.07) is 7.85. The highest BCUT2D eigenvalue weighted by Crippen LogP contribution is 2.31. The maximum atomic E-state index is 11.3. The van der Waals surface area contributed by atoms with Crippen LogP contribution in [-0.4, -0.2) is 50.3 Å². The fraction of sp³-hybridized carbons (Fsp3) is 0.562. The van der Waals surface area contributed by atoms with Crippen LogP contribution in [0.25, 0.3) is 0 Å². The minimum atomic E-state index is -0.758. The average molecular weight is 291 g/mol. The minimum absolute atomic E-state index is 0.461. The summed E-state index contributed by atoms with van der Waals surface area (Å²) in [5, 5.41) is 12.4. The van der Waals surface area contributed by atoms with Crippen LogP contribution in [0.1, 0.15) is 19.8 Å². The molecule has 0 radical (unpaired) electrons. The molecule has 0 fully saturated rings. The van der Waals surface area contributed by atoms with Gasteiger partial charge in [0.2, 0.25) is 0 Å². The molecule has 116 valence electrons. The van der Waals surface area contributed by atoms with Crippen molar-refractivity contribution < 1.29 is 9.90 Å². The first-order valence-electron chi connectivity index (χ1n) is 7.64. The fourth-order valence-electron chi connectivity index (χ4n) is 2.71. The molecule has 21 heavy (non-hydrogen) atoms.